The van der Waals surface area contributed by atoms with Gasteiger partial charge >= 0.3 is 5.97 Å². The van der Waals surface area contributed by atoms with Gasteiger partial charge in [0.05, 0.1) is 11.5 Å². The summed E-state index contributed by atoms with van der Waals surface area (Å²) in [5.74, 6) is -0.876. The number of aliphatic hydroxyl groups excluding tert-OH is 1. The maximum atomic E-state index is 11.2. The molecule has 1 saturated carbocycles. The Balaban J connectivity index is 2.34. The van der Waals surface area contributed by atoms with E-state index in [1.165, 1.54) is 0 Å². The lowest BCUT2D eigenvalue weighted by Gasteiger charge is -2.41. The number of aliphatic carboxylic acids is 1. The number of aliphatic hydroxyl groups is 1. The SMILES string of the molecule is Cc1ccc(C2(C(=O)O)CC(O)C2)cn1. The molecule has 0 amide bonds. The first-order valence-corrected chi connectivity index (χ1v) is 4.89. The molecule has 1 aliphatic carbocycles. The third-order valence-corrected chi connectivity index (χ3v) is 3.04. The van der Waals surface area contributed by atoms with Crippen LogP contribution in [0.4, 0.5) is 0 Å². The molecule has 2 rings (SSSR count). The number of hydrogen-bond acceptors (Lipinski definition) is 3. The third kappa shape index (κ3) is 1.51. The summed E-state index contributed by atoms with van der Waals surface area (Å²) in [7, 11) is 0. The van der Waals surface area contributed by atoms with E-state index in [1.54, 1.807) is 18.3 Å². The Kier molecular flexibility index (Phi) is 2.23. The highest BCUT2D eigenvalue weighted by molar-refractivity contribution is 5.82. The van der Waals surface area contributed by atoms with E-state index in [1.807, 2.05) is 6.92 Å². The van der Waals surface area contributed by atoms with Gasteiger partial charge in [0.15, 0.2) is 0 Å². The molecule has 0 saturated heterocycles. The molecule has 0 bridgehead atoms. The van der Waals surface area contributed by atoms with Gasteiger partial charge in [0, 0.05) is 11.9 Å². The maximum Gasteiger partial charge on any atom is 0.314 e. The molecular formula is C11H13NO3. The van der Waals surface area contributed by atoms with Crippen LogP contribution >= 0.6 is 0 Å². The molecule has 0 aromatic carbocycles. The molecule has 1 aromatic rings. The first kappa shape index (κ1) is 10.1. The van der Waals surface area contributed by atoms with Crippen molar-refractivity contribution in [3.63, 3.8) is 0 Å². The maximum absolute atomic E-state index is 11.2. The van der Waals surface area contributed by atoms with Gasteiger partial charge in [-0.3, -0.25) is 9.78 Å². The number of aromatic nitrogens is 1. The lowest BCUT2D eigenvalue weighted by Crippen LogP contribution is -2.50. The number of nitrogens with zero attached hydrogens (tertiary/aromatic N) is 1. The second kappa shape index (κ2) is 3.31. The first-order chi connectivity index (χ1) is 7.04. The van der Waals surface area contributed by atoms with E-state index in [-0.39, 0.29) is 12.8 Å². The third-order valence-electron chi connectivity index (χ3n) is 3.04. The van der Waals surface area contributed by atoms with E-state index in [0.29, 0.717) is 5.56 Å². The van der Waals surface area contributed by atoms with Crippen LogP contribution in [0, 0.1) is 6.92 Å². The van der Waals surface area contributed by atoms with E-state index >= 15 is 0 Å². The highest BCUT2D eigenvalue weighted by Gasteiger charge is 2.51. The molecule has 0 aliphatic heterocycles. The molecule has 1 aromatic heterocycles. The van der Waals surface area contributed by atoms with Crippen molar-refractivity contribution in [2.24, 2.45) is 0 Å². The summed E-state index contributed by atoms with van der Waals surface area (Å²) in [4.78, 5) is 15.3. The Hall–Kier alpha value is -1.42. The smallest absolute Gasteiger partial charge is 0.314 e. The molecule has 4 nitrogen and oxygen atoms in total. The predicted molar refractivity (Wildman–Crippen MR) is 53.5 cm³/mol. The quantitative estimate of drug-likeness (QED) is 0.754. The number of aryl methyl sites for hydroxylation is 1. The summed E-state index contributed by atoms with van der Waals surface area (Å²) < 4.78 is 0. The van der Waals surface area contributed by atoms with Crippen LogP contribution in [0.2, 0.25) is 0 Å². The number of carbonyl (C=O) groups is 1. The molecule has 0 spiro atoms. The lowest BCUT2D eigenvalue weighted by molar-refractivity contribution is -0.152. The second-order valence-electron chi connectivity index (χ2n) is 4.14. The Bertz CT molecular complexity index is 379. The van der Waals surface area contributed by atoms with Crippen molar-refractivity contribution in [1.29, 1.82) is 0 Å². The highest BCUT2D eigenvalue weighted by atomic mass is 16.4. The summed E-state index contributed by atoms with van der Waals surface area (Å²) in [6.07, 6.45) is 1.66. The van der Waals surface area contributed by atoms with Crippen LogP contribution in [-0.2, 0) is 10.2 Å². The molecule has 1 fully saturated rings. The van der Waals surface area contributed by atoms with Gasteiger partial charge in [-0.05, 0) is 31.4 Å². The summed E-state index contributed by atoms with van der Waals surface area (Å²) in [5.41, 5.74) is 0.630. The zero-order valence-corrected chi connectivity index (χ0v) is 8.47. The highest BCUT2D eigenvalue weighted by Crippen LogP contribution is 2.43. The molecule has 2 N–H and O–H groups in total. The van der Waals surface area contributed by atoms with Crippen LogP contribution in [0.15, 0.2) is 18.3 Å². The van der Waals surface area contributed by atoms with E-state index < -0.39 is 17.5 Å². The summed E-state index contributed by atoms with van der Waals surface area (Å²) in [5, 5.41) is 18.4. The molecule has 80 valence electrons. The average Bonchev–Trinajstić information content (AvgIpc) is 2.13. The van der Waals surface area contributed by atoms with Gasteiger partial charge in [-0.15, -0.1) is 0 Å². The number of hydrogen-bond donors (Lipinski definition) is 2. The van der Waals surface area contributed by atoms with Crippen molar-refractivity contribution in [2.45, 2.75) is 31.3 Å². The fourth-order valence-electron chi connectivity index (χ4n) is 2.03. The Labute approximate surface area is 87.6 Å². The monoisotopic (exact) mass is 207 g/mol. The number of carboxylic acid groups (broad SMARTS) is 1. The van der Waals surface area contributed by atoms with Gasteiger partial charge in [-0.1, -0.05) is 6.07 Å². The van der Waals surface area contributed by atoms with Crippen molar-refractivity contribution in [3.05, 3.63) is 29.6 Å². The van der Waals surface area contributed by atoms with Gasteiger partial charge < -0.3 is 10.2 Å². The fraction of sp³-hybridized carbons (Fsp3) is 0.455. The van der Waals surface area contributed by atoms with Crippen LogP contribution in [0.25, 0.3) is 0 Å². The topological polar surface area (TPSA) is 70.4 Å². The normalized spacial score (nSPS) is 29.6. The van der Waals surface area contributed by atoms with Gasteiger partial charge in [-0.2, -0.15) is 0 Å². The zero-order valence-electron chi connectivity index (χ0n) is 8.47. The zero-order chi connectivity index (χ0) is 11.1. The molecule has 0 unspecified atom stereocenters. The molecule has 0 radical (unpaired) electrons. The van der Waals surface area contributed by atoms with Crippen molar-refractivity contribution in [3.8, 4) is 0 Å². The van der Waals surface area contributed by atoms with Crippen molar-refractivity contribution in [2.75, 3.05) is 0 Å². The van der Waals surface area contributed by atoms with Gasteiger partial charge in [0.2, 0.25) is 0 Å². The molecule has 15 heavy (non-hydrogen) atoms. The van der Waals surface area contributed by atoms with Crippen molar-refractivity contribution < 1.29 is 15.0 Å². The first-order valence-electron chi connectivity index (χ1n) is 4.89. The molecular weight excluding hydrogens is 194 g/mol. The van der Waals surface area contributed by atoms with Crippen molar-refractivity contribution in [1.82, 2.24) is 4.98 Å². The van der Waals surface area contributed by atoms with Crippen LogP contribution in [-0.4, -0.2) is 27.3 Å². The van der Waals surface area contributed by atoms with Crippen LogP contribution in [0.1, 0.15) is 24.1 Å². The Morgan fingerprint density at radius 1 is 1.53 bits per heavy atom. The van der Waals surface area contributed by atoms with Crippen LogP contribution < -0.4 is 0 Å². The number of pyridine rings is 1. The van der Waals surface area contributed by atoms with E-state index in [9.17, 15) is 15.0 Å². The summed E-state index contributed by atoms with van der Waals surface area (Å²) in [6, 6.07) is 3.58. The molecule has 0 atom stereocenters. The van der Waals surface area contributed by atoms with Crippen molar-refractivity contribution >= 4 is 5.97 Å². The molecule has 1 heterocycles. The summed E-state index contributed by atoms with van der Waals surface area (Å²) in [6.45, 7) is 1.85. The van der Waals surface area contributed by atoms with Crippen LogP contribution in [0.5, 0.6) is 0 Å². The minimum atomic E-state index is -0.917. The van der Waals surface area contributed by atoms with Gasteiger partial charge in [-0.25, -0.2) is 0 Å². The predicted octanol–water partition coefficient (Wildman–Crippen LogP) is 0.867. The molecule has 4 heteroatoms. The second-order valence-corrected chi connectivity index (χ2v) is 4.14. The number of carboxylic acids is 1. The number of rotatable bonds is 2. The minimum Gasteiger partial charge on any atom is -0.481 e. The van der Waals surface area contributed by atoms with Gasteiger partial charge in [0.25, 0.3) is 0 Å². The van der Waals surface area contributed by atoms with Crippen LogP contribution in [0.3, 0.4) is 0 Å². The lowest BCUT2D eigenvalue weighted by atomic mass is 9.63. The largest absolute Gasteiger partial charge is 0.481 e. The van der Waals surface area contributed by atoms with E-state index in [4.69, 9.17) is 0 Å². The fourth-order valence-corrected chi connectivity index (χ4v) is 2.03. The Morgan fingerprint density at radius 3 is 2.60 bits per heavy atom. The Morgan fingerprint density at radius 2 is 2.20 bits per heavy atom. The minimum absolute atomic E-state index is 0.285. The standard InChI is InChI=1S/C11H13NO3/c1-7-2-3-8(6-12-7)11(10(14)15)4-9(13)5-11/h2-3,6,9,13H,4-5H2,1H3,(H,14,15). The summed E-state index contributed by atoms with van der Waals surface area (Å²) >= 11 is 0. The molecule has 1 aliphatic rings. The van der Waals surface area contributed by atoms with E-state index in [0.717, 1.165) is 5.69 Å². The average molecular weight is 207 g/mol. The van der Waals surface area contributed by atoms with E-state index in [2.05, 4.69) is 4.98 Å². The van der Waals surface area contributed by atoms with Gasteiger partial charge in [0.1, 0.15) is 0 Å².